The first-order chi connectivity index (χ1) is 11.8. The van der Waals surface area contributed by atoms with Crippen molar-refractivity contribution in [3.63, 3.8) is 0 Å². The quantitative estimate of drug-likeness (QED) is 0.582. The average molecular weight is 353 g/mol. The molecule has 0 aliphatic carbocycles. The summed E-state index contributed by atoms with van der Waals surface area (Å²) in [6.07, 6.45) is 1.57. The summed E-state index contributed by atoms with van der Waals surface area (Å²) in [7, 11) is -0.118. The fourth-order valence-electron chi connectivity index (χ4n) is 2.34. The van der Waals surface area contributed by atoms with Crippen LogP contribution in [0.15, 0.2) is 24.8 Å². The Morgan fingerprint density at radius 1 is 1.32 bits per heavy atom. The number of ether oxygens (including phenoxy) is 1. The summed E-state index contributed by atoms with van der Waals surface area (Å²) >= 11 is 0. The molecule has 1 saturated heterocycles. The van der Waals surface area contributed by atoms with E-state index >= 15 is 0 Å². The molecule has 0 bridgehead atoms. The minimum Gasteiger partial charge on any atom is -0.494 e. The molecule has 1 fully saturated rings. The Hall–Kier alpha value is -2.42. The van der Waals surface area contributed by atoms with Crippen LogP contribution >= 0.6 is 0 Å². The summed E-state index contributed by atoms with van der Waals surface area (Å²) in [6.45, 7) is 4.91. The highest BCUT2D eigenvalue weighted by molar-refractivity contribution is 6.65. The highest BCUT2D eigenvalue weighted by Crippen LogP contribution is 2.18. The van der Waals surface area contributed by atoms with Gasteiger partial charge in [-0.15, -0.1) is 6.58 Å². The third-order valence-corrected chi connectivity index (χ3v) is 3.39. The molecule has 1 aromatic rings. The maximum atomic E-state index is 14.4. The minimum atomic E-state index is -1.65. The molecule has 0 aromatic heterocycles. The zero-order chi connectivity index (χ0) is 18.6. The second-order valence-corrected chi connectivity index (χ2v) is 5.74. The van der Waals surface area contributed by atoms with Crippen LogP contribution in [-0.2, 0) is 18.9 Å². The molecular formula is C16H18BF2NO5. The monoisotopic (exact) mass is 353 g/mol. The molecule has 1 heterocycles. The number of halogens is 2. The standard InChI is InChI=1S/C16H18BF2NO5/c1-4-5-10(2)23-13-7-11(18)6-12(19)16(13)17-24-14(21)8-20(3)9-15(22)25-17/h4,6-7,10H,1,5,8-9H2,2-3H3/t10-/m0/s1. The van der Waals surface area contributed by atoms with Gasteiger partial charge in [0.15, 0.2) is 0 Å². The predicted molar refractivity (Wildman–Crippen MR) is 86.3 cm³/mol. The normalized spacial score (nSPS) is 17.2. The number of rotatable bonds is 5. The maximum Gasteiger partial charge on any atom is 0.643 e. The lowest BCUT2D eigenvalue weighted by molar-refractivity contribution is -0.145. The van der Waals surface area contributed by atoms with Crippen LogP contribution in [0, 0.1) is 11.6 Å². The van der Waals surface area contributed by atoms with Crippen molar-refractivity contribution in [2.45, 2.75) is 19.4 Å². The lowest BCUT2D eigenvalue weighted by Gasteiger charge is -2.24. The second-order valence-electron chi connectivity index (χ2n) is 5.74. The largest absolute Gasteiger partial charge is 0.643 e. The molecular weight excluding hydrogens is 335 g/mol. The van der Waals surface area contributed by atoms with E-state index < -0.39 is 36.8 Å². The smallest absolute Gasteiger partial charge is 0.494 e. The minimum absolute atomic E-state index is 0.169. The highest BCUT2D eigenvalue weighted by Gasteiger charge is 2.39. The van der Waals surface area contributed by atoms with Gasteiger partial charge in [-0.05, 0) is 14.0 Å². The first-order valence-corrected chi connectivity index (χ1v) is 7.64. The van der Waals surface area contributed by atoms with Gasteiger partial charge >= 0.3 is 19.1 Å². The number of benzene rings is 1. The summed E-state index contributed by atoms with van der Waals surface area (Å²) in [5.74, 6) is -3.54. The topological polar surface area (TPSA) is 65.1 Å². The summed E-state index contributed by atoms with van der Waals surface area (Å²) < 4.78 is 43.6. The molecule has 9 heteroatoms. The fraction of sp³-hybridized carbons (Fsp3) is 0.375. The summed E-state index contributed by atoms with van der Waals surface area (Å²) in [4.78, 5) is 25.1. The Morgan fingerprint density at radius 3 is 2.48 bits per heavy atom. The van der Waals surface area contributed by atoms with E-state index in [1.165, 1.54) is 11.9 Å². The first kappa shape index (κ1) is 18.9. The molecule has 0 unspecified atom stereocenters. The molecule has 1 aliphatic rings. The predicted octanol–water partition coefficient (Wildman–Crippen LogP) is 1.04. The summed E-state index contributed by atoms with van der Waals surface area (Å²) in [5, 5.41) is 0. The van der Waals surface area contributed by atoms with Crippen LogP contribution < -0.4 is 10.2 Å². The Bertz CT molecular complexity index is 665. The Labute approximate surface area is 144 Å². The molecule has 6 nitrogen and oxygen atoms in total. The van der Waals surface area contributed by atoms with Crippen LogP contribution in [-0.4, -0.2) is 50.2 Å². The Morgan fingerprint density at radius 2 is 1.92 bits per heavy atom. The van der Waals surface area contributed by atoms with Gasteiger partial charge in [0.2, 0.25) is 0 Å². The van der Waals surface area contributed by atoms with Crippen molar-refractivity contribution in [3.8, 4) is 5.75 Å². The van der Waals surface area contributed by atoms with Crippen molar-refractivity contribution in [2.75, 3.05) is 20.1 Å². The molecule has 0 radical (unpaired) electrons. The molecule has 1 atom stereocenters. The van der Waals surface area contributed by atoms with Gasteiger partial charge in [0.05, 0.1) is 24.7 Å². The van der Waals surface area contributed by atoms with Gasteiger partial charge in [0.1, 0.15) is 17.4 Å². The van der Waals surface area contributed by atoms with Crippen LogP contribution in [0.2, 0.25) is 0 Å². The first-order valence-electron chi connectivity index (χ1n) is 7.64. The summed E-state index contributed by atoms with van der Waals surface area (Å²) in [5.41, 5.74) is -0.344. The maximum absolute atomic E-state index is 14.4. The highest BCUT2D eigenvalue weighted by atomic mass is 19.1. The van der Waals surface area contributed by atoms with E-state index in [-0.39, 0.29) is 24.3 Å². The number of carbonyl (C=O) groups is 2. The van der Waals surface area contributed by atoms with Crippen LogP contribution in [0.5, 0.6) is 5.75 Å². The van der Waals surface area contributed by atoms with Crippen LogP contribution in [0.4, 0.5) is 8.78 Å². The van der Waals surface area contributed by atoms with E-state index in [4.69, 9.17) is 14.0 Å². The zero-order valence-electron chi connectivity index (χ0n) is 14.0. The Kier molecular flexibility index (Phi) is 6.14. The third kappa shape index (κ3) is 5.03. The van der Waals surface area contributed by atoms with Crippen molar-refractivity contribution in [1.29, 1.82) is 0 Å². The van der Waals surface area contributed by atoms with Gasteiger partial charge in [0, 0.05) is 18.6 Å². The van der Waals surface area contributed by atoms with Gasteiger partial charge in [-0.25, -0.2) is 8.78 Å². The SMILES string of the molecule is C=CC[C@H](C)Oc1cc(F)cc(F)c1B1OC(=O)CN(C)CC(=O)O1. The van der Waals surface area contributed by atoms with Crippen LogP contribution in [0.1, 0.15) is 13.3 Å². The van der Waals surface area contributed by atoms with E-state index in [1.807, 2.05) is 0 Å². The van der Waals surface area contributed by atoms with E-state index in [0.717, 1.165) is 6.07 Å². The molecule has 1 aliphatic heterocycles. The molecule has 0 spiro atoms. The number of carbonyl (C=O) groups excluding carboxylic acids is 2. The van der Waals surface area contributed by atoms with Gasteiger partial charge in [-0.1, -0.05) is 6.08 Å². The van der Waals surface area contributed by atoms with Crippen molar-refractivity contribution >= 4 is 24.5 Å². The molecule has 134 valence electrons. The summed E-state index contributed by atoms with van der Waals surface area (Å²) in [6, 6.07) is 1.55. The number of hydrogen-bond donors (Lipinski definition) is 0. The van der Waals surface area contributed by atoms with E-state index in [2.05, 4.69) is 6.58 Å². The van der Waals surface area contributed by atoms with Gasteiger partial charge < -0.3 is 14.0 Å². The van der Waals surface area contributed by atoms with Crippen molar-refractivity contribution in [3.05, 3.63) is 36.4 Å². The number of nitrogens with zero attached hydrogens (tertiary/aromatic N) is 1. The van der Waals surface area contributed by atoms with Gasteiger partial charge in [0.25, 0.3) is 0 Å². The van der Waals surface area contributed by atoms with Gasteiger partial charge in [-0.2, -0.15) is 0 Å². The van der Waals surface area contributed by atoms with Crippen LogP contribution in [0.25, 0.3) is 0 Å². The van der Waals surface area contributed by atoms with Crippen LogP contribution in [0.3, 0.4) is 0 Å². The van der Waals surface area contributed by atoms with E-state index in [1.54, 1.807) is 13.0 Å². The molecule has 0 saturated carbocycles. The van der Waals surface area contributed by atoms with E-state index in [9.17, 15) is 18.4 Å². The van der Waals surface area contributed by atoms with Gasteiger partial charge in [-0.3, -0.25) is 14.5 Å². The molecule has 0 N–H and O–H groups in total. The lowest BCUT2D eigenvalue weighted by atomic mass is 9.77. The molecule has 1 aromatic carbocycles. The molecule has 25 heavy (non-hydrogen) atoms. The number of likely N-dealkylation sites (N-methyl/N-ethyl adjacent to an activating group) is 1. The Balaban J connectivity index is 2.39. The van der Waals surface area contributed by atoms with E-state index in [0.29, 0.717) is 12.5 Å². The van der Waals surface area contributed by atoms with Crippen molar-refractivity contribution in [1.82, 2.24) is 4.90 Å². The molecule has 2 rings (SSSR count). The molecule has 0 amide bonds. The number of hydrogen-bond acceptors (Lipinski definition) is 6. The zero-order valence-corrected chi connectivity index (χ0v) is 14.0. The lowest BCUT2D eigenvalue weighted by Crippen LogP contribution is -2.49. The fourth-order valence-corrected chi connectivity index (χ4v) is 2.34. The average Bonchev–Trinajstić information content (AvgIpc) is 2.44. The van der Waals surface area contributed by atoms with Crippen molar-refractivity contribution in [2.24, 2.45) is 0 Å². The third-order valence-electron chi connectivity index (χ3n) is 3.39. The second kappa shape index (κ2) is 8.11. The van der Waals surface area contributed by atoms with Crippen molar-refractivity contribution < 1.29 is 32.4 Å².